The fourth-order valence-electron chi connectivity index (χ4n) is 2.91. The van der Waals surface area contributed by atoms with E-state index in [0.717, 1.165) is 16.0 Å². The maximum atomic E-state index is 12.4. The Bertz CT molecular complexity index is 1190. The first-order chi connectivity index (χ1) is 13.9. The van der Waals surface area contributed by atoms with Crippen molar-refractivity contribution in [1.29, 1.82) is 0 Å². The summed E-state index contributed by atoms with van der Waals surface area (Å²) in [7, 11) is -3.61. The Kier molecular flexibility index (Phi) is 6.66. The van der Waals surface area contributed by atoms with Crippen LogP contribution in [0.5, 0.6) is 5.75 Å². The standard InChI is InChI=1S/C21H22N2O4S2/c1-3-12-23-18-11-10-17(27-4-2)13-19(18)28-21(23)22-20(24)15-29(25,26)14-16-8-6-5-7-9-16/h3,5-11,13H,1,4,12,14-15H2,2H3. The summed E-state index contributed by atoms with van der Waals surface area (Å²) < 4.78 is 33.0. The highest BCUT2D eigenvalue weighted by molar-refractivity contribution is 7.91. The molecule has 0 atom stereocenters. The maximum absolute atomic E-state index is 12.4. The average molecular weight is 431 g/mol. The third-order valence-corrected chi connectivity index (χ3v) is 6.57. The molecule has 6 nitrogen and oxygen atoms in total. The summed E-state index contributed by atoms with van der Waals surface area (Å²) in [5, 5.41) is 0. The summed E-state index contributed by atoms with van der Waals surface area (Å²) in [5.41, 5.74) is 1.53. The summed E-state index contributed by atoms with van der Waals surface area (Å²) in [4.78, 5) is 16.9. The molecule has 0 bridgehead atoms. The fraction of sp³-hybridized carbons (Fsp3) is 0.238. The molecule has 1 aromatic heterocycles. The van der Waals surface area contributed by atoms with Crippen LogP contribution >= 0.6 is 11.3 Å². The number of nitrogens with zero attached hydrogens (tertiary/aromatic N) is 2. The molecule has 1 amide bonds. The molecule has 3 rings (SSSR count). The summed E-state index contributed by atoms with van der Waals surface area (Å²) in [6.07, 6.45) is 1.71. The topological polar surface area (TPSA) is 77.7 Å². The normalized spacial score (nSPS) is 12.2. The number of thiazole rings is 1. The van der Waals surface area contributed by atoms with Crippen LogP contribution in [0.25, 0.3) is 10.2 Å². The van der Waals surface area contributed by atoms with Crippen molar-refractivity contribution in [2.24, 2.45) is 4.99 Å². The number of benzene rings is 2. The van der Waals surface area contributed by atoms with Crippen LogP contribution in [-0.4, -0.2) is 31.3 Å². The van der Waals surface area contributed by atoms with Crippen molar-refractivity contribution in [3.8, 4) is 5.75 Å². The zero-order chi connectivity index (χ0) is 20.9. The first-order valence-corrected chi connectivity index (χ1v) is 11.7. The van der Waals surface area contributed by atoms with Gasteiger partial charge in [-0.2, -0.15) is 4.99 Å². The lowest BCUT2D eigenvalue weighted by molar-refractivity contribution is -0.115. The van der Waals surface area contributed by atoms with Crippen molar-refractivity contribution in [2.45, 2.75) is 19.2 Å². The highest BCUT2D eigenvalue weighted by atomic mass is 32.2. The van der Waals surface area contributed by atoms with Gasteiger partial charge in [0.05, 0.1) is 22.6 Å². The van der Waals surface area contributed by atoms with E-state index in [0.29, 0.717) is 23.5 Å². The molecular weight excluding hydrogens is 408 g/mol. The first kappa shape index (κ1) is 21.0. The zero-order valence-corrected chi connectivity index (χ0v) is 17.7. The second-order valence-electron chi connectivity index (χ2n) is 6.37. The lowest BCUT2D eigenvalue weighted by Gasteiger charge is -2.04. The van der Waals surface area contributed by atoms with E-state index in [1.807, 2.05) is 35.8 Å². The van der Waals surface area contributed by atoms with Crippen LogP contribution in [0.15, 0.2) is 66.2 Å². The van der Waals surface area contributed by atoms with Gasteiger partial charge in [-0.3, -0.25) is 4.79 Å². The predicted molar refractivity (Wildman–Crippen MR) is 116 cm³/mol. The Morgan fingerprint density at radius 1 is 1.24 bits per heavy atom. The quantitative estimate of drug-likeness (QED) is 0.514. The number of rotatable bonds is 8. The van der Waals surface area contributed by atoms with Gasteiger partial charge < -0.3 is 9.30 Å². The maximum Gasteiger partial charge on any atom is 0.263 e. The van der Waals surface area contributed by atoms with E-state index < -0.39 is 21.5 Å². The number of carbonyl (C=O) groups is 1. The lowest BCUT2D eigenvalue weighted by atomic mass is 10.2. The molecule has 0 aliphatic carbocycles. The predicted octanol–water partition coefficient (Wildman–Crippen LogP) is 3.33. The van der Waals surface area contributed by atoms with E-state index in [1.54, 1.807) is 30.3 Å². The summed E-state index contributed by atoms with van der Waals surface area (Å²) in [6.45, 7) is 6.67. The molecule has 1 heterocycles. The number of hydrogen-bond donors (Lipinski definition) is 0. The molecule has 0 spiro atoms. The number of fused-ring (bicyclic) bond motifs is 1. The second-order valence-corrected chi connectivity index (χ2v) is 9.44. The van der Waals surface area contributed by atoms with Crippen LogP contribution in [0.2, 0.25) is 0 Å². The van der Waals surface area contributed by atoms with Gasteiger partial charge in [0.15, 0.2) is 14.6 Å². The van der Waals surface area contributed by atoms with E-state index in [1.165, 1.54) is 11.3 Å². The highest BCUT2D eigenvalue weighted by Gasteiger charge is 2.18. The van der Waals surface area contributed by atoms with Crippen molar-refractivity contribution in [1.82, 2.24) is 4.57 Å². The van der Waals surface area contributed by atoms with Crippen molar-refractivity contribution in [3.05, 3.63) is 71.6 Å². The van der Waals surface area contributed by atoms with Gasteiger partial charge in [-0.15, -0.1) is 6.58 Å². The van der Waals surface area contributed by atoms with E-state index in [9.17, 15) is 13.2 Å². The van der Waals surface area contributed by atoms with E-state index in [2.05, 4.69) is 11.6 Å². The Balaban J connectivity index is 1.90. The molecule has 8 heteroatoms. The number of allylic oxidation sites excluding steroid dienone is 1. The van der Waals surface area contributed by atoms with Crippen molar-refractivity contribution in [2.75, 3.05) is 12.4 Å². The molecule has 0 aliphatic heterocycles. The zero-order valence-electron chi connectivity index (χ0n) is 16.1. The van der Waals surface area contributed by atoms with Gasteiger partial charge in [0.2, 0.25) is 0 Å². The summed E-state index contributed by atoms with van der Waals surface area (Å²) in [6, 6.07) is 14.4. The van der Waals surface area contributed by atoms with Crippen LogP contribution in [0.4, 0.5) is 0 Å². The molecule has 152 valence electrons. The van der Waals surface area contributed by atoms with Crippen LogP contribution < -0.4 is 9.54 Å². The molecule has 0 N–H and O–H groups in total. The number of amides is 1. The Morgan fingerprint density at radius 3 is 2.69 bits per heavy atom. The molecule has 0 saturated carbocycles. The van der Waals surface area contributed by atoms with E-state index >= 15 is 0 Å². The monoisotopic (exact) mass is 430 g/mol. The minimum absolute atomic E-state index is 0.189. The van der Waals surface area contributed by atoms with Crippen LogP contribution in [0, 0.1) is 0 Å². The molecule has 0 radical (unpaired) electrons. The molecule has 29 heavy (non-hydrogen) atoms. The Labute approximate surface area is 173 Å². The number of aromatic nitrogens is 1. The molecule has 0 fully saturated rings. The van der Waals surface area contributed by atoms with Crippen LogP contribution in [0.3, 0.4) is 0 Å². The molecule has 3 aromatic rings. The molecule has 2 aromatic carbocycles. The minimum atomic E-state index is -3.61. The molecule has 0 saturated heterocycles. The van der Waals surface area contributed by atoms with Crippen molar-refractivity contribution >= 4 is 37.3 Å². The number of sulfone groups is 1. The van der Waals surface area contributed by atoms with Gasteiger partial charge in [0.25, 0.3) is 5.91 Å². The second kappa shape index (κ2) is 9.19. The molecular formula is C21H22N2O4S2. The van der Waals surface area contributed by atoms with Crippen LogP contribution in [0.1, 0.15) is 12.5 Å². The first-order valence-electron chi connectivity index (χ1n) is 9.11. The summed E-state index contributed by atoms with van der Waals surface area (Å²) in [5.74, 6) is -0.772. The van der Waals surface area contributed by atoms with Crippen molar-refractivity contribution < 1.29 is 17.9 Å². The fourth-order valence-corrected chi connectivity index (χ4v) is 5.24. The third-order valence-electron chi connectivity index (χ3n) is 4.07. The third kappa shape index (κ3) is 5.42. The molecule has 0 aliphatic rings. The van der Waals surface area contributed by atoms with Crippen molar-refractivity contribution in [3.63, 3.8) is 0 Å². The Hall–Kier alpha value is -2.71. The Morgan fingerprint density at radius 2 is 2.00 bits per heavy atom. The average Bonchev–Trinajstić information content (AvgIpc) is 2.98. The van der Waals surface area contributed by atoms with Gasteiger partial charge in [0, 0.05) is 6.54 Å². The summed E-state index contributed by atoms with van der Waals surface area (Å²) >= 11 is 1.32. The van der Waals surface area contributed by atoms with Gasteiger partial charge in [0.1, 0.15) is 11.5 Å². The van der Waals surface area contributed by atoms with Gasteiger partial charge in [-0.25, -0.2) is 8.42 Å². The number of hydrogen-bond acceptors (Lipinski definition) is 5. The van der Waals surface area contributed by atoms with E-state index in [4.69, 9.17) is 4.74 Å². The van der Waals surface area contributed by atoms with Gasteiger partial charge in [-0.05, 0) is 30.7 Å². The van der Waals surface area contributed by atoms with Crippen LogP contribution in [-0.2, 0) is 26.9 Å². The van der Waals surface area contributed by atoms with Gasteiger partial charge >= 0.3 is 0 Å². The lowest BCUT2D eigenvalue weighted by Crippen LogP contribution is -2.21. The molecule has 0 unspecified atom stereocenters. The smallest absolute Gasteiger partial charge is 0.263 e. The largest absolute Gasteiger partial charge is 0.494 e. The number of ether oxygens (including phenoxy) is 1. The number of carbonyl (C=O) groups excluding carboxylic acids is 1. The highest BCUT2D eigenvalue weighted by Crippen LogP contribution is 2.23. The van der Waals surface area contributed by atoms with Gasteiger partial charge in [-0.1, -0.05) is 47.7 Å². The minimum Gasteiger partial charge on any atom is -0.494 e. The SMILES string of the molecule is C=CCn1c(=NC(=O)CS(=O)(=O)Cc2ccccc2)sc2cc(OCC)ccc21. The van der Waals surface area contributed by atoms with E-state index in [-0.39, 0.29) is 5.75 Å².